The molecule has 0 aliphatic rings. The Kier molecular flexibility index (Phi) is 4.80. The Balaban J connectivity index is 1.42. The van der Waals surface area contributed by atoms with Crippen LogP contribution in [0.3, 0.4) is 0 Å². The first-order valence-corrected chi connectivity index (χ1v) is 8.86. The molecule has 0 spiro atoms. The van der Waals surface area contributed by atoms with Gasteiger partial charge in [-0.1, -0.05) is 18.2 Å². The summed E-state index contributed by atoms with van der Waals surface area (Å²) in [5.74, 6) is 0.986. The molecule has 142 valence electrons. The standard InChI is InChI=1S/C21H19N3O4/c1-13(20-23-24-21(28-20)14-7-9-16(26-2)10-8-14)27-19(25)11-15-12-22-18-6-4-3-5-17(15)18/h3-10,12-13,22H,11H2,1-2H3. The molecule has 0 radical (unpaired) electrons. The van der Waals surface area contributed by atoms with Crippen LogP contribution in [-0.4, -0.2) is 28.3 Å². The highest BCUT2D eigenvalue weighted by molar-refractivity contribution is 5.87. The van der Waals surface area contributed by atoms with E-state index in [1.807, 2.05) is 54.7 Å². The molecular weight excluding hydrogens is 358 g/mol. The van der Waals surface area contributed by atoms with Crippen molar-refractivity contribution < 1.29 is 18.7 Å². The Labute approximate surface area is 161 Å². The molecule has 0 saturated carbocycles. The number of nitrogens with zero attached hydrogens (tertiary/aromatic N) is 2. The molecule has 2 heterocycles. The van der Waals surface area contributed by atoms with Gasteiger partial charge in [0, 0.05) is 22.7 Å². The van der Waals surface area contributed by atoms with Crippen molar-refractivity contribution in [3.63, 3.8) is 0 Å². The minimum atomic E-state index is -0.641. The zero-order valence-corrected chi connectivity index (χ0v) is 15.5. The minimum absolute atomic E-state index is 0.161. The molecule has 1 unspecified atom stereocenters. The Morgan fingerprint density at radius 2 is 1.93 bits per heavy atom. The number of ether oxygens (including phenoxy) is 2. The van der Waals surface area contributed by atoms with Crippen LogP contribution in [0.4, 0.5) is 0 Å². The smallest absolute Gasteiger partial charge is 0.311 e. The largest absolute Gasteiger partial charge is 0.497 e. The highest BCUT2D eigenvalue weighted by atomic mass is 16.6. The van der Waals surface area contributed by atoms with E-state index in [9.17, 15) is 4.79 Å². The van der Waals surface area contributed by atoms with Crippen molar-refractivity contribution in [2.75, 3.05) is 7.11 Å². The van der Waals surface area contributed by atoms with Crippen molar-refractivity contribution in [3.8, 4) is 17.2 Å². The number of fused-ring (bicyclic) bond motifs is 1. The summed E-state index contributed by atoms with van der Waals surface area (Å²) < 4.78 is 16.3. The summed E-state index contributed by atoms with van der Waals surface area (Å²) >= 11 is 0. The van der Waals surface area contributed by atoms with Crippen molar-refractivity contribution in [2.24, 2.45) is 0 Å². The lowest BCUT2D eigenvalue weighted by Gasteiger charge is -2.09. The van der Waals surface area contributed by atoms with Crippen LogP contribution < -0.4 is 4.74 Å². The molecule has 2 aromatic carbocycles. The topological polar surface area (TPSA) is 90.2 Å². The quantitative estimate of drug-likeness (QED) is 0.509. The lowest BCUT2D eigenvalue weighted by atomic mass is 10.1. The number of methoxy groups -OCH3 is 1. The SMILES string of the molecule is COc1ccc(-c2nnc(C(C)OC(=O)Cc3c[nH]c4ccccc34)o2)cc1. The van der Waals surface area contributed by atoms with Crippen molar-refractivity contribution in [1.29, 1.82) is 0 Å². The number of H-pyrrole nitrogens is 1. The van der Waals surface area contributed by atoms with Crippen LogP contribution in [0.5, 0.6) is 5.75 Å². The molecule has 0 aliphatic carbocycles. The van der Waals surface area contributed by atoms with Crippen LogP contribution in [0, 0.1) is 0 Å². The first-order chi connectivity index (χ1) is 13.6. The van der Waals surface area contributed by atoms with Gasteiger partial charge in [0.15, 0.2) is 6.10 Å². The Hall–Kier alpha value is -3.61. The summed E-state index contributed by atoms with van der Waals surface area (Å²) in [6, 6.07) is 15.1. The molecule has 4 rings (SSSR count). The number of benzene rings is 2. The normalized spacial score (nSPS) is 12.1. The predicted octanol–water partition coefficient (Wildman–Crippen LogP) is 4.07. The molecule has 7 nitrogen and oxygen atoms in total. The van der Waals surface area contributed by atoms with E-state index in [1.165, 1.54) is 0 Å². The van der Waals surface area contributed by atoms with Gasteiger partial charge in [-0.3, -0.25) is 4.79 Å². The van der Waals surface area contributed by atoms with Crippen LogP contribution >= 0.6 is 0 Å². The Bertz CT molecular complexity index is 1100. The van der Waals surface area contributed by atoms with Crippen molar-refractivity contribution in [2.45, 2.75) is 19.4 Å². The first-order valence-electron chi connectivity index (χ1n) is 8.86. The second-order valence-corrected chi connectivity index (χ2v) is 6.34. The fourth-order valence-corrected chi connectivity index (χ4v) is 2.97. The van der Waals surface area contributed by atoms with Gasteiger partial charge in [0.05, 0.1) is 13.5 Å². The Morgan fingerprint density at radius 3 is 2.71 bits per heavy atom. The molecule has 0 bridgehead atoms. The molecule has 0 aliphatic heterocycles. The van der Waals surface area contributed by atoms with E-state index < -0.39 is 6.10 Å². The van der Waals surface area contributed by atoms with Gasteiger partial charge in [0.2, 0.25) is 5.89 Å². The molecule has 0 fully saturated rings. The molecule has 1 atom stereocenters. The number of rotatable bonds is 6. The zero-order valence-electron chi connectivity index (χ0n) is 15.5. The summed E-state index contributed by atoms with van der Waals surface area (Å²) in [7, 11) is 1.60. The summed E-state index contributed by atoms with van der Waals surface area (Å²) in [6.07, 6.45) is 1.34. The van der Waals surface area contributed by atoms with Crippen LogP contribution in [0.25, 0.3) is 22.4 Å². The molecular formula is C21H19N3O4. The number of aromatic nitrogens is 3. The molecule has 7 heteroatoms. The van der Waals surface area contributed by atoms with Gasteiger partial charge < -0.3 is 18.9 Å². The third kappa shape index (κ3) is 3.59. The fraction of sp³-hybridized carbons (Fsp3) is 0.190. The number of aromatic amines is 1. The molecule has 28 heavy (non-hydrogen) atoms. The van der Waals surface area contributed by atoms with E-state index in [1.54, 1.807) is 14.0 Å². The highest BCUT2D eigenvalue weighted by Crippen LogP contribution is 2.25. The molecule has 0 saturated heterocycles. The molecule has 2 aromatic heterocycles. The average molecular weight is 377 g/mol. The molecule has 1 N–H and O–H groups in total. The number of carbonyl (C=O) groups excluding carboxylic acids is 1. The zero-order chi connectivity index (χ0) is 19.5. The van der Waals surface area contributed by atoms with Gasteiger partial charge in [-0.2, -0.15) is 0 Å². The Morgan fingerprint density at radius 1 is 1.14 bits per heavy atom. The number of para-hydroxylation sites is 1. The van der Waals surface area contributed by atoms with Gasteiger partial charge in [-0.15, -0.1) is 10.2 Å². The molecule has 0 amide bonds. The van der Waals surface area contributed by atoms with E-state index in [2.05, 4.69) is 15.2 Å². The fourth-order valence-electron chi connectivity index (χ4n) is 2.97. The second kappa shape index (κ2) is 7.56. The average Bonchev–Trinajstić information content (AvgIpc) is 3.36. The van der Waals surface area contributed by atoms with Crippen LogP contribution in [0.15, 0.2) is 59.1 Å². The van der Waals surface area contributed by atoms with Gasteiger partial charge in [0.1, 0.15) is 5.75 Å². The maximum atomic E-state index is 12.3. The minimum Gasteiger partial charge on any atom is -0.497 e. The van der Waals surface area contributed by atoms with Crippen LogP contribution in [0.1, 0.15) is 24.5 Å². The summed E-state index contributed by atoms with van der Waals surface area (Å²) in [5, 5.41) is 9.04. The van der Waals surface area contributed by atoms with Crippen molar-refractivity contribution in [3.05, 3.63) is 66.2 Å². The van der Waals surface area contributed by atoms with E-state index in [-0.39, 0.29) is 18.3 Å². The number of hydrogen-bond acceptors (Lipinski definition) is 6. The van der Waals surface area contributed by atoms with E-state index in [4.69, 9.17) is 13.9 Å². The number of esters is 1. The third-order valence-corrected chi connectivity index (χ3v) is 4.44. The number of nitrogens with one attached hydrogen (secondary N) is 1. The lowest BCUT2D eigenvalue weighted by molar-refractivity contribution is -0.148. The van der Waals surface area contributed by atoms with Gasteiger partial charge in [-0.25, -0.2) is 0 Å². The van der Waals surface area contributed by atoms with Gasteiger partial charge >= 0.3 is 5.97 Å². The summed E-state index contributed by atoms with van der Waals surface area (Å²) in [6.45, 7) is 1.71. The van der Waals surface area contributed by atoms with Gasteiger partial charge in [0.25, 0.3) is 5.89 Å². The maximum absolute atomic E-state index is 12.3. The number of hydrogen-bond donors (Lipinski definition) is 1. The second-order valence-electron chi connectivity index (χ2n) is 6.34. The third-order valence-electron chi connectivity index (χ3n) is 4.44. The van der Waals surface area contributed by atoms with Crippen LogP contribution in [0.2, 0.25) is 0 Å². The number of carbonyl (C=O) groups is 1. The monoisotopic (exact) mass is 377 g/mol. The van der Waals surface area contributed by atoms with Gasteiger partial charge in [-0.05, 0) is 42.8 Å². The highest BCUT2D eigenvalue weighted by Gasteiger charge is 2.20. The van der Waals surface area contributed by atoms with Crippen LogP contribution in [-0.2, 0) is 16.0 Å². The van der Waals surface area contributed by atoms with Crippen molar-refractivity contribution >= 4 is 16.9 Å². The van der Waals surface area contributed by atoms with E-state index in [0.717, 1.165) is 27.8 Å². The maximum Gasteiger partial charge on any atom is 0.311 e. The molecule has 4 aromatic rings. The predicted molar refractivity (Wildman–Crippen MR) is 103 cm³/mol. The van der Waals surface area contributed by atoms with E-state index >= 15 is 0 Å². The lowest BCUT2D eigenvalue weighted by Crippen LogP contribution is -2.11. The van der Waals surface area contributed by atoms with E-state index in [0.29, 0.717) is 5.89 Å². The first kappa shape index (κ1) is 17.8. The van der Waals surface area contributed by atoms with Crippen molar-refractivity contribution in [1.82, 2.24) is 15.2 Å². The summed E-state index contributed by atoms with van der Waals surface area (Å²) in [5.41, 5.74) is 2.63. The summed E-state index contributed by atoms with van der Waals surface area (Å²) in [4.78, 5) is 15.5.